The molecule has 2 heterocycles. The summed E-state index contributed by atoms with van der Waals surface area (Å²) in [5.74, 6) is 1.52. The van der Waals surface area contributed by atoms with Gasteiger partial charge in [0.2, 0.25) is 11.9 Å². The van der Waals surface area contributed by atoms with Gasteiger partial charge in [-0.3, -0.25) is 4.98 Å². The quantitative estimate of drug-likeness (QED) is 0.861. The fourth-order valence-corrected chi connectivity index (χ4v) is 2.15. The van der Waals surface area contributed by atoms with Crippen LogP contribution in [0.25, 0.3) is 0 Å². The van der Waals surface area contributed by atoms with Crippen molar-refractivity contribution in [1.82, 2.24) is 15.0 Å². The molecule has 2 aromatic rings. The lowest BCUT2D eigenvalue weighted by Gasteiger charge is -2.26. The summed E-state index contributed by atoms with van der Waals surface area (Å²) in [4.78, 5) is 24.5. The van der Waals surface area contributed by atoms with E-state index >= 15 is 0 Å². The molecule has 0 unspecified atom stereocenters. The van der Waals surface area contributed by atoms with E-state index in [2.05, 4.69) is 20.3 Å². The van der Waals surface area contributed by atoms with Crippen LogP contribution in [0.2, 0.25) is 0 Å². The highest BCUT2D eigenvalue weighted by Crippen LogP contribution is 2.18. The molecule has 1 aromatic carbocycles. The van der Waals surface area contributed by atoms with Crippen molar-refractivity contribution in [3.8, 4) is 5.75 Å². The van der Waals surface area contributed by atoms with Crippen molar-refractivity contribution in [2.45, 2.75) is 0 Å². The molecule has 0 radical (unpaired) electrons. The Kier molecular flexibility index (Phi) is 4.19. The third-order valence-corrected chi connectivity index (χ3v) is 3.29. The molecule has 0 atom stereocenters. The van der Waals surface area contributed by atoms with Gasteiger partial charge >= 0.3 is 5.69 Å². The molecule has 1 aliphatic heterocycles. The molecule has 0 saturated carbocycles. The van der Waals surface area contributed by atoms with Crippen LogP contribution in [0.4, 0.5) is 17.6 Å². The molecule has 116 valence electrons. The molecule has 1 aliphatic rings. The second-order valence-corrected chi connectivity index (χ2v) is 4.76. The van der Waals surface area contributed by atoms with Crippen LogP contribution in [0.1, 0.15) is 0 Å². The number of nitrogens with one attached hydrogen (secondary N) is 2. The summed E-state index contributed by atoms with van der Waals surface area (Å²) in [6.45, 7) is 2.56. The monoisotopic (exact) mass is 303 g/mol. The van der Waals surface area contributed by atoms with Crippen LogP contribution in [0.3, 0.4) is 0 Å². The lowest BCUT2D eigenvalue weighted by Crippen LogP contribution is -2.38. The first-order chi connectivity index (χ1) is 10.7. The Labute approximate surface area is 127 Å². The summed E-state index contributed by atoms with van der Waals surface area (Å²) in [6.07, 6.45) is 0. The van der Waals surface area contributed by atoms with Gasteiger partial charge in [0.15, 0.2) is 0 Å². The highest BCUT2D eigenvalue weighted by atomic mass is 16.5. The first-order valence-corrected chi connectivity index (χ1v) is 6.97. The van der Waals surface area contributed by atoms with Crippen LogP contribution in [-0.4, -0.2) is 48.4 Å². The maximum Gasteiger partial charge on any atom is 0.351 e. The van der Waals surface area contributed by atoms with Gasteiger partial charge in [0, 0.05) is 18.8 Å². The van der Waals surface area contributed by atoms with Crippen molar-refractivity contribution in [1.29, 1.82) is 0 Å². The Morgan fingerprint density at radius 1 is 1.23 bits per heavy atom. The Morgan fingerprint density at radius 3 is 2.64 bits per heavy atom. The summed E-state index contributed by atoms with van der Waals surface area (Å²) < 4.78 is 10.4. The number of methoxy groups -OCH3 is 1. The van der Waals surface area contributed by atoms with E-state index in [9.17, 15) is 4.79 Å². The van der Waals surface area contributed by atoms with Gasteiger partial charge in [-0.1, -0.05) is 0 Å². The first-order valence-electron chi connectivity index (χ1n) is 6.97. The van der Waals surface area contributed by atoms with Crippen LogP contribution in [0.5, 0.6) is 5.75 Å². The number of aromatic amines is 1. The van der Waals surface area contributed by atoms with E-state index in [1.54, 1.807) is 7.11 Å². The highest BCUT2D eigenvalue weighted by Gasteiger charge is 2.15. The third kappa shape index (κ3) is 3.34. The molecule has 0 aliphatic carbocycles. The summed E-state index contributed by atoms with van der Waals surface area (Å²) in [7, 11) is 1.61. The Morgan fingerprint density at radius 2 is 1.95 bits per heavy atom. The molecule has 0 spiro atoms. The van der Waals surface area contributed by atoms with E-state index in [-0.39, 0.29) is 0 Å². The van der Waals surface area contributed by atoms with Gasteiger partial charge in [-0.2, -0.15) is 9.97 Å². The van der Waals surface area contributed by atoms with Crippen LogP contribution in [0, 0.1) is 0 Å². The number of hydrogen-bond acceptors (Lipinski definition) is 7. The van der Waals surface area contributed by atoms with E-state index in [0.717, 1.165) is 11.4 Å². The van der Waals surface area contributed by atoms with Crippen LogP contribution in [-0.2, 0) is 4.74 Å². The summed E-state index contributed by atoms with van der Waals surface area (Å²) in [6, 6.07) is 7.33. The van der Waals surface area contributed by atoms with Crippen molar-refractivity contribution >= 4 is 17.6 Å². The maximum absolute atomic E-state index is 11.7. The Bertz CT molecular complexity index is 680. The highest BCUT2D eigenvalue weighted by molar-refractivity contribution is 5.55. The Balaban J connectivity index is 1.80. The van der Waals surface area contributed by atoms with Gasteiger partial charge in [-0.25, -0.2) is 4.79 Å². The summed E-state index contributed by atoms with van der Waals surface area (Å²) in [5, 5.41) is 3.06. The van der Waals surface area contributed by atoms with E-state index < -0.39 is 5.69 Å². The minimum Gasteiger partial charge on any atom is -0.497 e. The number of morpholine rings is 1. The van der Waals surface area contributed by atoms with Crippen molar-refractivity contribution in [2.24, 2.45) is 0 Å². The molecule has 3 rings (SSSR count). The molecule has 2 N–H and O–H groups in total. The van der Waals surface area contributed by atoms with Crippen molar-refractivity contribution in [3.63, 3.8) is 0 Å². The molecule has 0 bridgehead atoms. The van der Waals surface area contributed by atoms with E-state index in [4.69, 9.17) is 9.47 Å². The minimum absolute atomic E-state index is 0.353. The molecule has 0 amide bonds. The molecule has 1 saturated heterocycles. The van der Waals surface area contributed by atoms with E-state index in [1.165, 1.54) is 0 Å². The fourth-order valence-electron chi connectivity index (χ4n) is 2.15. The predicted molar refractivity (Wildman–Crippen MR) is 82.0 cm³/mol. The number of anilines is 3. The minimum atomic E-state index is -0.437. The average Bonchev–Trinajstić information content (AvgIpc) is 2.56. The smallest absolute Gasteiger partial charge is 0.351 e. The number of H-pyrrole nitrogens is 1. The van der Waals surface area contributed by atoms with Crippen LogP contribution >= 0.6 is 0 Å². The standard InChI is InChI=1S/C14H17N5O3/c1-21-11-4-2-10(3-5-11)15-12-16-13(18-14(20)17-12)19-6-8-22-9-7-19/h2-5H,6-9H2,1H3,(H2,15,16,17,18,20). The largest absolute Gasteiger partial charge is 0.497 e. The van der Waals surface area contributed by atoms with Gasteiger partial charge in [-0.15, -0.1) is 0 Å². The van der Waals surface area contributed by atoms with E-state index in [1.807, 2.05) is 29.2 Å². The van der Waals surface area contributed by atoms with Crippen molar-refractivity contribution in [3.05, 3.63) is 34.7 Å². The second-order valence-electron chi connectivity index (χ2n) is 4.76. The third-order valence-electron chi connectivity index (χ3n) is 3.29. The average molecular weight is 303 g/mol. The Hall–Kier alpha value is -2.61. The molecule has 1 aromatic heterocycles. The molecule has 8 heteroatoms. The zero-order chi connectivity index (χ0) is 15.4. The molecular weight excluding hydrogens is 286 g/mol. The summed E-state index contributed by atoms with van der Waals surface area (Å²) in [5.41, 5.74) is 0.357. The van der Waals surface area contributed by atoms with Crippen molar-refractivity contribution in [2.75, 3.05) is 43.6 Å². The lowest BCUT2D eigenvalue weighted by atomic mass is 10.3. The normalized spacial score (nSPS) is 14.7. The molecule has 22 heavy (non-hydrogen) atoms. The number of ether oxygens (including phenoxy) is 2. The fraction of sp³-hybridized carbons (Fsp3) is 0.357. The molecule has 1 fully saturated rings. The second kappa shape index (κ2) is 6.44. The van der Waals surface area contributed by atoms with Gasteiger partial charge in [0.1, 0.15) is 5.75 Å². The van der Waals surface area contributed by atoms with E-state index in [0.29, 0.717) is 38.2 Å². The lowest BCUT2D eigenvalue weighted by molar-refractivity contribution is 0.122. The van der Waals surface area contributed by atoms with Gasteiger partial charge in [-0.05, 0) is 24.3 Å². The zero-order valence-corrected chi connectivity index (χ0v) is 12.2. The summed E-state index contributed by atoms with van der Waals surface area (Å²) >= 11 is 0. The first kappa shape index (κ1) is 14.3. The zero-order valence-electron chi connectivity index (χ0n) is 12.2. The maximum atomic E-state index is 11.7. The predicted octanol–water partition coefficient (Wildman–Crippen LogP) is 0.754. The molecular formula is C14H17N5O3. The van der Waals surface area contributed by atoms with Gasteiger partial charge in [0.25, 0.3) is 0 Å². The van der Waals surface area contributed by atoms with Crippen LogP contribution in [0.15, 0.2) is 29.1 Å². The van der Waals surface area contributed by atoms with Gasteiger partial charge in [0.05, 0.1) is 20.3 Å². The topological polar surface area (TPSA) is 92.4 Å². The van der Waals surface area contributed by atoms with Gasteiger partial charge < -0.3 is 19.7 Å². The number of aromatic nitrogens is 3. The number of benzene rings is 1. The van der Waals surface area contributed by atoms with Crippen molar-refractivity contribution < 1.29 is 9.47 Å². The number of rotatable bonds is 4. The number of nitrogens with zero attached hydrogens (tertiary/aromatic N) is 3. The number of hydrogen-bond donors (Lipinski definition) is 2. The molecule has 8 nitrogen and oxygen atoms in total. The SMILES string of the molecule is COc1ccc(Nc2nc(N3CCOCC3)nc(=O)[nH]2)cc1. The van der Waals surface area contributed by atoms with Crippen LogP contribution < -0.4 is 20.6 Å².